The van der Waals surface area contributed by atoms with Crippen LogP contribution in [0.4, 0.5) is 4.39 Å². The maximum Gasteiger partial charge on any atom is 0.338 e. The number of thioether (sulfide) groups is 1. The third-order valence-corrected chi connectivity index (χ3v) is 4.40. The Morgan fingerprint density at radius 1 is 1.60 bits per heavy atom. The van der Waals surface area contributed by atoms with E-state index >= 15 is 0 Å². The molecule has 0 spiro atoms. The van der Waals surface area contributed by atoms with E-state index in [1.165, 1.54) is 23.9 Å². The maximum absolute atomic E-state index is 13.3. The fourth-order valence-corrected chi connectivity index (χ4v) is 3.06. The molecule has 20 heavy (non-hydrogen) atoms. The van der Waals surface area contributed by atoms with Crippen LogP contribution in [0.1, 0.15) is 17.3 Å². The van der Waals surface area contributed by atoms with E-state index in [1.54, 1.807) is 6.07 Å². The van der Waals surface area contributed by atoms with Crippen LogP contribution in [0.2, 0.25) is 0 Å². The van der Waals surface area contributed by atoms with Crippen molar-refractivity contribution in [2.45, 2.75) is 17.9 Å². The summed E-state index contributed by atoms with van der Waals surface area (Å²) in [5, 5.41) is 8.89. The fourth-order valence-electron chi connectivity index (χ4n) is 2.12. The first-order valence-corrected chi connectivity index (χ1v) is 7.58. The molecule has 1 saturated heterocycles. The van der Waals surface area contributed by atoms with E-state index in [2.05, 4.69) is 11.8 Å². The SMILES string of the molecule is CCN1CCOC(CSc2ccc(F)c(C(=O)O)c2)C1. The molecule has 0 radical (unpaired) electrons. The van der Waals surface area contributed by atoms with Gasteiger partial charge in [0.1, 0.15) is 5.82 Å². The van der Waals surface area contributed by atoms with Gasteiger partial charge in [-0.1, -0.05) is 6.92 Å². The van der Waals surface area contributed by atoms with Crippen molar-refractivity contribution in [3.63, 3.8) is 0 Å². The number of hydrogen-bond acceptors (Lipinski definition) is 4. The molecule has 110 valence electrons. The van der Waals surface area contributed by atoms with Gasteiger partial charge in [0.25, 0.3) is 0 Å². The molecule has 0 aromatic heterocycles. The van der Waals surface area contributed by atoms with E-state index in [-0.39, 0.29) is 11.7 Å². The number of hydrogen-bond donors (Lipinski definition) is 1. The van der Waals surface area contributed by atoms with Crippen molar-refractivity contribution < 1.29 is 19.0 Å². The smallest absolute Gasteiger partial charge is 0.338 e. The highest BCUT2D eigenvalue weighted by atomic mass is 32.2. The van der Waals surface area contributed by atoms with Crippen LogP contribution in [0.3, 0.4) is 0 Å². The van der Waals surface area contributed by atoms with Gasteiger partial charge in [0.05, 0.1) is 18.3 Å². The van der Waals surface area contributed by atoms with Gasteiger partial charge in [-0.25, -0.2) is 9.18 Å². The van der Waals surface area contributed by atoms with Crippen LogP contribution >= 0.6 is 11.8 Å². The molecule has 0 saturated carbocycles. The number of carboxylic acid groups (broad SMARTS) is 1. The van der Waals surface area contributed by atoms with Gasteiger partial charge < -0.3 is 9.84 Å². The minimum Gasteiger partial charge on any atom is -0.478 e. The number of carboxylic acids is 1. The summed E-state index contributed by atoms with van der Waals surface area (Å²) < 4.78 is 19.0. The van der Waals surface area contributed by atoms with Crippen molar-refractivity contribution in [1.82, 2.24) is 4.90 Å². The van der Waals surface area contributed by atoms with Gasteiger partial charge in [-0.15, -0.1) is 11.8 Å². The highest BCUT2D eigenvalue weighted by molar-refractivity contribution is 7.99. The summed E-state index contributed by atoms with van der Waals surface area (Å²) in [6.45, 7) is 5.69. The number of ether oxygens (including phenoxy) is 1. The van der Waals surface area contributed by atoms with Crippen molar-refractivity contribution in [2.75, 3.05) is 32.0 Å². The zero-order chi connectivity index (χ0) is 14.5. The molecule has 0 bridgehead atoms. The molecule has 1 N–H and O–H groups in total. The number of rotatable bonds is 5. The second kappa shape index (κ2) is 7.06. The Hall–Kier alpha value is -1.11. The lowest BCUT2D eigenvalue weighted by molar-refractivity contribution is -0.0137. The molecule has 2 rings (SSSR count). The molecule has 1 aromatic carbocycles. The standard InChI is InChI=1S/C14H18FNO3S/c1-2-16-5-6-19-10(8-16)9-20-11-3-4-13(15)12(7-11)14(17)18/h3-4,7,10H,2,5-6,8-9H2,1H3,(H,17,18). The third-order valence-electron chi connectivity index (χ3n) is 3.27. The topological polar surface area (TPSA) is 49.8 Å². The number of benzene rings is 1. The van der Waals surface area contributed by atoms with Gasteiger partial charge in [0.2, 0.25) is 0 Å². The highest BCUT2D eigenvalue weighted by Gasteiger charge is 2.19. The van der Waals surface area contributed by atoms with Crippen LogP contribution in [0.5, 0.6) is 0 Å². The Morgan fingerprint density at radius 3 is 3.10 bits per heavy atom. The van der Waals surface area contributed by atoms with E-state index in [1.807, 2.05) is 0 Å². The predicted molar refractivity (Wildman–Crippen MR) is 75.9 cm³/mol. The molecular weight excluding hydrogens is 281 g/mol. The minimum atomic E-state index is -1.24. The first-order chi connectivity index (χ1) is 9.60. The third kappa shape index (κ3) is 3.94. The van der Waals surface area contributed by atoms with Crippen molar-refractivity contribution in [1.29, 1.82) is 0 Å². The van der Waals surface area contributed by atoms with Crippen molar-refractivity contribution in [3.05, 3.63) is 29.6 Å². The summed E-state index contributed by atoms with van der Waals surface area (Å²) >= 11 is 1.50. The molecule has 6 heteroatoms. The van der Waals surface area contributed by atoms with Crippen molar-refractivity contribution >= 4 is 17.7 Å². The normalized spacial score (nSPS) is 20.0. The fraction of sp³-hybridized carbons (Fsp3) is 0.500. The number of nitrogens with zero attached hydrogens (tertiary/aromatic N) is 1. The van der Waals surface area contributed by atoms with Crippen LogP contribution in [-0.4, -0.2) is 54.1 Å². The Kier molecular flexibility index (Phi) is 5.39. The van der Waals surface area contributed by atoms with Crippen LogP contribution < -0.4 is 0 Å². The van der Waals surface area contributed by atoms with Crippen LogP contribution in [-0.2, 0) is 4.74 Å². The molecule has 1 atom stereocenters. The number of morpholine rings is 1. The number of carbonyl (C=O) groups is 1. The lowest BCUT2D eigenvalue weighted by Crippen LogP contribution is -2.43. The quantitative estimate of drug-likeness (QED) is 0.846. The van der Waals surface area contributed by atoms with Crippen LogP contribution in [0, 0.1) is 5.82 Å². The van der Waals surface area contributed by atoms with Crippen molar-refractivity contribution in [3.8, 4) is 0 Å². The second-order valence-electron chi connectivity index (χ2n) is 4.64. The summed E-state index contributed by atoms with van der Waals surface area (Å²) in [6, 6.07) is 4.18. The van der Waals surface area contributed by atoms with Gasteiger partial charge in [-0.05, 0) is 24.7 Å². The summed E-state index contributed by atoms with van der Waals surface area (Å²) in [4.78, 5) is 14.0. The average molecular weight is 299 g/mol. The molecule has 1 aliphatic heterocycles. The Labute approximate surface area is 121 Å². The van der Waals surface area contributed by atoms with Gasteiger partial charge in [-0.3, -0.25) is 4.90 Å². The van der Waals surface area contributed by atoms with Gasteiger partial charge in [-0.2, -0.15) is 0 Å². The van der Waals surface area contributed by atoms with Crippen LogP contribution in [0.15, 0.2) is 23.1 Å². The van der Waals surface area contributed by atoms with E-state index < -0.39 is 11.8 Å². The molecule has 0 amide bonds. The lowest BCUT2D eigenvalue weighted by Gasteiger charge is -2.31. The number of aromatic carboxylic acids is 1. The van der Waals surface area contributed by atoms with E-state index in [4.69, 9.17) is 9.84 Å². The van der Waals surface area contributed by atoms with E-state index in [9.17, 15) is 9.18 Å². The van der Waals surface area contributed by atoms with Crippen molar-refractivity contribution in [2.24, 2.45) is 0 Å². The first-order valence-electron chi connectivity index (χ1n) is 6.59. The molecule has 4 nitrogen and oxygen atoms in total. The predicted octanol–water partition coefficient (Wildman–Crippen LogP) is 2.34. The molecule has 1 aliphatic rings. The summed E-state index contributed by atoms with van der Waals surface area (Å²) in [6.07, 6.45) is 0.132. The van der Waals surface area contributed by atoms with Gasteiger partial charge in [0.15, 0.2) is 0 Å². The molecule has 1 aromatic rings. The number of halogens is 1. The van der Waals surface area contributed by atoms with E-state index in [0.29, 0.717) is 0 Å². The molecular formula is C14H18FNO3S. The van der Waals surface area contributed by atoms with Crippen LogP contribution in [0.25, 0.3) is 0 Å². The molecule has 1 unspecified atom stereocenters. The highest BCUT2D eigenvalue weighted by Crippen LogP contribution is 2.23. The maximum atomic E-state index is 13.3. The Bertz CT molecular complexity index is 483. The number of likely N-dealkylation sites (N-methyl/N-ethyl adjacent to an activating group) is 1. The Balaban J connectivity index is 1.93. The zero-order valence-electron chi connectivity index (χ0n) is 11.3. The lowest BCUT2D eigenvalue weighted by atomic mass is 10.2. The monoisotopic (exact) mass is 299 g/mol. The molecule has 0 aliphatic carbocycles. The minimum absolute atomic E-state index is 0.132. The summed E-state index contributed by atoms with van der Waals surface area (Å²) in [7, 11) is 0. The van der Waals surface area contributed by atoms with Gasteiger partial charge >= 0.3 is 5.97 Å². The first kappa shape index (κ1) is 15.3. The molecule has 1 heterocycles. The molecule has 1 fully saturated rings. The van der Waals surface area contributed by atoms with E-state index in [0.717, 1.165) is 36.9 Å². The summed E-state index contributed by atoms with van der Waals surface area (Å²) in [5.74, 6) is -1.20. The summed E-state index contributed by atoms with van der Waals surface area (Å²) in [5.41, 5.74) is -0.283. The Morgan fingerprint density at radius 2 is 2.40 bits per heavy atom. The zero-order valence-corrected chi connectivity index (χ0v) is 12.2. The largest absolute Gasteiger partial charge is 0.478 e. The average Bonchev–Trinajstić information content (AvgIpc) is 2.46. The van der Waals surface area contributed by atoms with Gasteiger partial charge in [0, 0.05) is 23.7 Å². The second-order valence-corrected chi connectivity index (χ2v) is 5.74.